The smallest absolute Gasteiger partial charge is 0.234 e. The number of amides is 1. The van der Waals surface area contributed by atoms with Crippen LogP contribution in [0, 0.1) is 0 Å². The number of carbonyl (C=O) groups excluding carboxylic acids is 1. The van der Waals surface area contributed by atoms with Crippen LogP contribution < -0.4 is 11.1 Å². The highest BCUT2D eigenvalue weighted by atomic mass is 35.5. The summed E-state index contributed by atoms with van der Waals surface area (Å²) >= 11 is 7.28. The molecule has 6 heteroatoms. The van der Waals surface area contributed by atoms with Gasteiger partial charge >= 0.3 is 0 Å². The molecule has 0 aliphatic heterocycles. The lowest BCUT2D eigenvalue weighted by molar-refractivity contribution is -0.113. The maximum atomic E-state index is 11.5. The van der Waals surface area contributed by atoms with Crippen LogP contribution in [0.2, 0.25) is 5.02 Å². The second-order valence-electron chi connectivity index (χ2n) is 3.41. The zero-order valence-electron chi connectivity index (χ0n) is 9.28. The van der Waals surface area contributed by atoms with Gasteiger partial charge in [-0.2, -0.15) is 11.8 Å². The molecule has 0 fully saturated rings. The Kier molecular flexibility index (Phi) is 6.18. The van der Waals surface area contributed by atoms with Crippen molar-refractivity contribution in [3.05, 3.63) is 23.2 Å². The largest absolute Gasteiger partial charge is 0.397 e. The number of aliphatic hydroxyl groups is 1. The predicted octanol–water partition coefficient (Wildman–Crippen LogP) is 1.98. The third-order valence-electron chi connectivity index (χ3n) is 1.97. The minimum Gasteiger partial charge on any atom is -0.397 e. The molecule has 0 unspecified atom stereocenters. The molecular formula is C11H15ClN2O2S. The Bertz CT molecular complexity index is 388. The average molecular weight is 275 g/mol. The van der Waals surface area contributed by atoms with E-state index in [9.17, 15) is 4.79 Å². The summed E-state index contributed by atoms with van der Waals surface area (Å²) in [5, 5.41) is 11.8. The fraction of sp³-hybridized carbons (Fsp3) is 0.364. The van der Waals surface area contributed by atoms with Gasteiger partial charge in [0.2, 0.25) is 5.91 Å². The summed E-state index contributed by atoms with van der Waals surface area (Å²) in [7, 11) is 0. The minimum absolute atomic E-state index is 0.123. The lowest BCUT2D eigenvalue weighted by Gasteiger charge is -2.08. The molecule has 0 aliphatic carbocycles. The van der Waals surface area contributed by atoms with Crippen LogP contribution in [-0.2, 0) is 4.79 Å². The first-order valence-corrected chi connectivity index (χ1v) is 6.70. The Hall–Kier alpha value is -0.910. The van der Waals surface area contributed by atoms with Crippen molar-refractivity contribution in [1.82, 2.24) is 0 Å². The van der Waals surface area contributed by atoms with Crippen molar-refractivity contribution in [3.8, 4) is 0 Å². The van der Waals surface area contributed by atoms with Crippen LogP contribution in [0.5, 0.6) is 0 Å². The number of nitrogen functional groups attached to an aromatic ring is 1. The van der Waals surface area contributed by atoms with E-state index in [1.165, 1.54) is 11.8 Å². The van der Waals surface area contributed by atoms with Crippen molar-refractivity contribution >= 4 is 40.6 Å². The first-order valence-electron chi connectivity index (χ1n) is 5.17. The highest BCUT2D eigenvalue weighted by Crippen LogP contribution is 2.23. The Morgan fingerprint density at radius 1 is 1.53 bits per heavy atom. The standard InChI is InChI=1S/C11H15ClN2O2S/c12-8-2-3-9(13)10(6-8)14-11(16)7-17-5-1-4-15/h2-3,6,15H,1,4-5,7,13H2,(H,14,16). The summed E-state index contributed by atoms with van der Waals surface area (Å²) in [4.78, 5) is 11.5. The summed E-state index contributed by atoms with van der Waals surface area (Å²) in [5.74, 6) is 0.975. The van der Waals surface area contributed by atoms with E-state index in [0.29, 0.717) is 28.6 Å². The van der Waals surface area contributed by atoms with E-state index < -0.39 is 0 Å². The molecule has 4 N–H and O–H groups in total. The normalized spacial score (nSPS) is 10.2. The molecule has 1 amide bonds. The molecule has 0 aliphatic rings. The van der Waals surface area contributed by atoms with E-state index in [0.717, 1.165) is 5.75 Å². The van der Waals surface area contributed by atoms with Crippen molar-refractivity contribution in [1.29, 1.82) is 0 Å². The molecule has 0 saturated heterocycles. The Balaban J connectivity index is 2.42. The summed E-state index contributed by atoms with van der Waals surface area (Å²) in [5.41, 5.74) is 6.72. The van der Waals surface area contributed by atoms with E-state index >= 15 is 0 Å². The topological polar surface area (TPSA) is 75.3 Å². The summed E-state index contributed by atoms with van der Waals surface area (Å²) in [6.45, 7) is 0.149. The Labute approximate surface area is 110 Å². The molecule has 0 bridgehead atoms. The number of hydrogen-bond donors (Lipinski definition) is 3. The first kappa shape index (κ1) is 14.2. The number of hydrogen-bond acceptors (Lipinski definition) is 4. The molecule has 1 aromatic rings. The van der Waals surface area contributed by atoms with E-state index in [2.05, 4.69) is 5.32 Å². The highest BCUT2D eigenvalue weighted by molar-refractivity contribution is 7.99. The molecule has 0 radical (unpaired) electrons. The number of aliphatic hydroxyl groups excluding tert-OH is 1. The SMILES string of the molecule is Nc1ccc(Cl)cc1NC(=O)CSCCCO. The molecule has 17 heavy (non-hydrogen) atoms. The van der Waals surface area contributed by atoms with Crippen LogP contribution in [0.3, 0.4) is 0 Å². The number of anilines is 2. The van der Waals surface area contributed by atoms with Crippen LogP contribution in [-0.4, -0.2) is 29.1 Å². The number of thioether (sulfide) groups is 1. The zero-order chi connectivity index (χ0) is 12.7. The van der Waals surface area contributed by atoms with Gasteiger partial charge in [0.25, 0.3) is 0 Å². The Morgan fingerprint density at radius 2 is 2.29 bits per heavy atom. The molecule has 0 spiro atoms. The number of benzene rings is 1. The maximum Gasteiger partial charge on any atom is 0.234 e. The first-order chi connectivity index (χ1) is 8.13. The second kappa shape index (κ2) is 7.42. The van der Waals surface area contributed by atoms with E-state index in [-0.39, 0.29) is 12.5 Å². The zero-order valence-corrected chi connectivity index (χ0v) is 10.9. The highest BCUT2D eigenvalue weighted by Gasteiger charge is 2.05. The molecular weight excluding hydrogens is 260 g/mol. The fourth-order valence-corrected chi connectivity index (χ4v) is 2.06. The molecule has 1 rings (SSSR count). The third-order valence-corrected chi connectivity index (χ3v) is 3.25. The van der Waals surface area contributed by atoms with Crippen LogP contribution in [0.15, 0.2) is 18.2 Å². The number of carbonyl (C=O) groups is 1. The molecule has 0 atom stereocenters. The van der Waals surface area contributed by atoms with Crippen LogP contribution in [0.4, 0.5) is 11.4 Å². The fourth-order valence-electron chi connectivity index (χ4n) is 1.15. The van der Waals surface area contributed by atoms with Crippen molar-refractivity contribution in [2.45, 2.75) is 6.42 Å². The lowest BCUT2D eigenvalue weighted by atomic mass is 10.2. The van der Waals surface area contributed by atoms with Gasteiger partial charge < -0.3 is 16.2 Å². The van der Waals surface area contributed by atoms with E-state index in [4.69, 9.17) is 22.4 Å². The predicted molar refractivity (Wildman–Crippen MR) is 73.5 cm³/mol. The van der Waals surface area contributed by atoms with Gasteiger partial charge in [-0.25, -0.2) is 0 Å². The number of rotatable bonds is 6. The molecule has 0 aromatic heterocycles. The van der Waals surface area contributed by atoms with Crippen molar-refractivity contribution < 1.29 is 9.90 Å². The average Bonchev–Trinajstić information content (AvgIpc) is 2.29. The maximum absolute atomic E-state index is 11.5. The van der Waals surface area contributed by atoms with Crippen molar-refractivity contribution in [2.24, 2.45) is 0 Å². The van der Waals surface area contributed by atoms with Crippen LogP contribution >= 0.6 is 23.4 Å². The minimum atomic E-state index is -0.123. The van der Waals surface area contributed by atoms with Gasteiger partial charge in [0.1, 0.15) is 0 Å². The second-order valence-corrected chi connectivity index (χ2v) is 4.95. The van der Waals surface area contributed by atoms with Crippen molar-refractivity contribution in [3.63, 3.8) is 0 Å². The summed E-state index contributed by atoms with van der Waals surface area (Å²) in [6, 6.07) is 4.94. The van der Waals surface area contributed by atoms with Crippen LogP contribution in [0.25, 0.3) is 0 Å². The summed E-state index contributed by atoms with van der Waals surface area (Å²) in [6.07, 6.45) is 0.692. The number of nitrogens with two attached hydrogens (primary N) is 1. The van der Waals surface area contributed by atoms with Gasteiger partial charge in [0.05, 0.1) is 17.1 Å². The van der Waals surface area contributed by atoms with Gasteiger partial charge in [-0.1, -0.05) is 11.6 Å². The van der Waals surface area contributed by atoms with Gasteiger partial charge in [-0.15, -0.1) is 0 Å². The number of nitrogens with one attached hydrogen (secondary N) is 1. The van der Waals surface area contributed by atoms with Gasteiger partial charge in [-0.3, -0.25) is 4.79 Å². The molecule has 0 heterocycles. The molecule has 94 valence electrons. The molecule has 0 saturated carbocycles. The third kappa shape index (κ3) is 5.30. The monoisotopic (exact) mass is 274 g/mol. The summed E-state index contributed by atoms with van der Waals surface area (Å²) < 4.78 is 0. The quantitative estimate of drug-likeness (QED) is 0.548. The van der Waals surface area contributed by atoms with Gasteiger partial charge in [-0.05, 0) is 30.4 Å². The van der Waals surface area contributed by atoms with Crippen LogP contribution in [0.1, 0.15) is 6.42 Å². The van der Waals surface area contributed by atoms with Crippen molar-refractivity contribution in [2.75, 3.05) is 29.2 Å². The molecule has 1 aromatic carbocycles. The van der Waals surface area contributed by atoms with E-state index in [1.54, 1.807) is 18.2 Å². The lowest BCUT2D eigenvalue weighted by Crippen LogP contribution is -2.15. The number of halogens is 1. The van der Waals surface area contributed by atoms with E-state index in [1.807, 2.05) is 0 Å². The molecule has 4 nitrogen and oxygen atoms in total. The van der Waals surface area contributed by atoms with Gasteiger partial charge in [0, 0.05) is 11.6 Å². The van der Waals surface area contributed by atoms with Gasteiger partial charge in [0.15, 0.2) is 0 Å². The Morgan fingerprint density at radius 3 is 3.00 bits per heavy atom.